The van der Waals surface area contributed by atoms with Crippen molar-refractivity contribution in [2.45, 2.75) is 6.18 Å². The van der Waals surface area contributed by atoms with Crippen molar-refractivity contribution in [3.8, 4) is 11.3 Å². The summed E-state index contributed by atoms with van der Waals surface area (Å²) in [4.78, 5) is 0. The minimum atomic E-state index is -4.75. The van der Waals surface area contributed by atoms with Crippen molar-refractivity contribution in [1.82, 2.24) is 9.78 Å². The van der Waals surface area contributed by atoms with Gasteiger partial charge in [0, 0.05) is 18.7 Å². The lowest BCUT2D eigenvalue weighted by atomic mass is 10.1. The number of hydrogen-bond donors (Lipinski definition) is 0. The highest BCUT2D eigenvalue weighted by Gasteiger charge is 2.39. The molecule has 0 saturated carbocycles. The largest absolute Gasteiger partial charge is 0.434 e. The first-order valence-electron chi connectivity index (χ1n) is 5.07. The summed E-state index contributed by atoms with van der Waals surface area (Å²) >= 11 is 11.1. The van der Waals surface area contributed by atoms with Crippen LogP contribution in [0.4, 0.5) is 22.0 Å². The Hall–Kier alpha value is -1.34. The minimum absolute atomic E-state index is 0.410. The van der Waals surface area contributed by atoms with Gasteiger partial charge in [-0.3, -0.25) is 4.68 Å². The molecule has 2 aromatic rings. The summed E-state index contributed by atoms with van der Waals surface area (Å²) in [6.45, 7) is 0. The number of aromatic nitrogens is 2. The van der Waals surface area contributed by atoms with Gasteiger partial charge in [-0.2, -0.15) is 18.3 Å². The second-order valence-corrected chi connectivity index (χ2v) is 4.66. The molecule has 0 fully saturated rings. The van der Waals surface area contributed by atoms with Gasteiger partial charge in [0.1, 0.15) is 17.3 Å². The Balaban J connectivity index is 2.70. The van der Waals surface area contributed by atoms with E-state index in [4.69, 9.17) is 23.2 Å². The van der Waals surface area contributed by atoms with E-state index in [1.54, 1.807) is 0 Å². The Morgan fingerprint density at radius 2 is 1.70 bits per heavy atom. The van der Waals surface area contributed by atoms with E-state index in [-0.39, 0.29) is 0 Å². The molecule has 1 aromatic carbocycles. The van der Waals surface area contributed by atoms with Gasteiger partial charge in [0.2, 0.25) is 0 Å². The van der Waals surface area contributed by atoms with Crippen molar-refractivity contribution in [2.24, 2.45) is 7.05 Å². The van der Waals surface area contributed by atoms with E-state index >= 15 is 0 Å². The summed E-state index contributed by atoms with van der Waals surface area (Å²) in [6.07, 6.45) is -4.75. The molecule has 0 aliphatic rings. The first-order chi connectivity index (χ1) is 9.12. The lowest BCUT2D eigenvalue weighted by Crippen LogP contribution is -2.12. The normalized spacial score (nSPS) is 12.0. The monoisotopic (exact) mass is 330 g/mol. The molecule has 1 heterocycles. The quantitative estimate of drug-likeness (QED) is 0.547. The molecule has 2 nitrogen and oxygen atoms in total. The minimum Gasteiger partial charge on any atom is -0.262 e. The molecule has 0 unspecified atom stereocenters. The standard InChI is InChI=1S/C11H5Cl2F5N2/c1-20-10(11(16,17)18)8(13)9(19-20)4-2-5(12)7(15)3-6(4)14/h2-3H,1H3. The fraction of sp³-hybridized carbons (Fsp3) is 0.182. The molecule has 9 heteroatoms. The maximum Gasteiger partial charge on any atom is 0.434 e. The fourth-order valence-corrected chi connectivity index (χ4v) is 2.21. The molecule has 0 amide bonds. The van der Waals surface area contributed by atoms with Crippen LogP contribution in [0, 0.1) is 11.6 Å². The van der Waals surface area contributed by atoms with Crippen LogP contribution in [0.5, 0.6) is 0 Å². The predicted molar refractivity (Wildman–Crippen MR) is 63.6 cm³/mol. The zero-order valence-corrected chi connectivity index (χ0v) is 11.2. The number of aryl methyl sites for hydroxylation is 1. The number of alkyl halides is 3. The summed E-state index contributed by atoms with van der Waals surface area (Å²) in [5, 5.41) is 2.30. The van der Waals surface area contributed by atoms with Crippen LogP contribution in [0.1, 0.15) is 5.69 Å². The predicted octanol–water partition coefficient (Wildman–Crippen LogP) is 4.69. The molecule has 0 spiro atoms. The zero-order valence-electron chi connectivity index (χ0n) is 9.69. The van der Waals surface area contributed by atoms with Crippen LogP contribution >= 0.6 is 23.2 Å². The van der Waals surface area contributed by atoms with Gasteiger partial charge in [-0.15, -0.1) is 0 Å². The number of hydrogen-bond acceptors (Lipinski definition) is 1. The molecule has 108 valence electrons. The van der Waals surface area contributed by atoms with Gasteiger partial charge in [-0.25, -0.2) is 8.78 Å². The third-order valence-electron chi connectivity index (χ3n) is 2.52. The van der Waals surface area contributed by atoms with Gasteiger partial charge in [-0.05, 0) is 6.07 Å². The lowest BCUT2D eigenvalue weighted by molar-refractivity contribution is -0.143. The van der Waals surface area contributed by atoms with E-state index in [1.807, 2.05) is 0 Å². The maximum atomic E-state index is 13.6. The van der Waals surface area contributed by atoms with Crippen LogP contribution in [0.2, 0.25) is 10.0 Å². The van der Waals surface area contributed by atoms with E-state index in [9.17, 15) is 22.0 Å². The van der Waals surface area contributed by atoms with Crippen LogP contribution in [0.15, 0.2) is 12.1 Å². The molecule has 0 N–H and O–H groups in total. The molecule has 0 aliphatic heterocycles. The van der Waals surface area contributed by atoms with Crippen LogP contribution < -0.4 is 0 Å². The van der Waals surface area contributed by atoms with Crippen LogP contribution in [0.3, 0.4) is 0 Å². The summed E-state index contributed by atoms with van der Waals surface area (Å²) in [5.41, 5.74) is -2.09. The van der Waals surface area contributed by atoms with E-state index in [0.717, 1.165) is 13.1 Å². The Bertz CT molecular complexity index is 678. The summed E-state index contributed by atoms with van der Waals surface area (Å²) < 4.78 is 65.4. The van der Waals surface area contributed by atoms with Crippen molar-refractivity contribution >= 4 is 23.2 Å². The summed E-state index contributed by atoms with van der Waals surface area (Å²) in [5.74, 6) is -2.14. The number of rotatable bonds is 1. The van der Waals surface area contributed by atoms with E-state index in [1.165, 1.54) is 0 Å². The van der Waals surface area contributed by atoms with Gasteiger partial charge >= 0.3 is 6.18 Å². The summed E-state index contributed by atoms with van der Waals surface area (Å²) in [7, 11) is 1.02. The molecule has 1 aromatic heterocycles. The van der Waals surface area contributed by atoms with Gasteiger partial charge in [0.25, 0.3) is 0 Å². The molecular weight excluding hydrogens is 326 g/mol. The van der Waals surface area contributed by atoms with Crippen molar-refractivity contribution in [3.63, 3.8) is 0 Å². The smallest absolute Gasteiger partial charge is 0.262 e. The molecule has 0 bridgehead atoms. The van der Waals surface area contributed by atoms with Crippen molar-refractivity contribution in [1.29, 1.82) is 0 Å². The highest BCUT2D eigenvalue weighted by molar-refractivity contribution is 6.34. The third kappa shape index (κ3) is 2.47. The number of benzene rings is 1. The molecule has 20 heavy (non-hydrogen) atoms. The average Bonchev–Trinajstić information content (AvgIpc) is 2.58. The van der Waals surface area contributed by atoms with Crippen LogP contribution in [-0.4, -0.2) is 9.78 Å². The highest BCUT2D eigenvalue weighted by atomic mass is 35.5. The maximum absolute atomic E-state index is 13.6. The molecule has 0 radical (unpaired) electrons. The number of nitrogens with zero attached hydrogens (tertiary/aromatic N) is 2. The topological polar surface area (TPSA) is 17.8 Å². The first kappa shape index (κ1) is 15.1. The SMILES string of the molecule is Cn1nc(-c2cc(Cl)c(F)cc2F)c(Cl)c1C(F)(F)F. The van der Waals surface area contributed by atoms with Crippen molar-refractivity contribution < 1.29 is 22.0 Å². The Labute approximate surface area is 119 Å². The second kappa shape index (κ2) is 4.89. The van der Waals surface area contributed by atoms with Crippen LogP contribution in [-0.2, 0) is 13.2 Å². The Kier molecular flexibility index (Phi) is 3.68. The average molecular weight is 331 g/mol. The molecule has 0 aliphatic carbocycles. The van der Waals surface area contributed by atoms with Gasteiger partial charge in [0.05, 0.1) is 10.0 Å². The van der Waals surface area contributed by atoms with E-state index in [0.29, 0.717) is 10.7 Å². The van der Waals surface area contributed by atoms with Gasteiger partial charge in [0.15, 0.2) is 5.69 Å². The molecule has 0 saturated heterocycles. The molecule has 2 rings (SSSR count). The molecule has 0 atom stereocenters. The third-order valence-corrected chi connectivity index (χ3v) is 3.17. The van der Waals surface area contributed by atoms with E-state index < -0.39 is 44.8 Å². The highest BCUT2D eigenvalue weighted by Crippen LogP contribution is 2.40. The summed E-state index contributed by atoms with van der Waals surface area (Å²) in [6, 6.07) is 1.29. The molecular formula is C11H5Cl2F5N2. The van der Waals surface area contributed by atoms with E-state index in [2.05, 4.69) is 5.10 Å². The second-order valence-electron chi connectivity index (χ2n) is 3.88. The van der Waals surface area contributed by atoms with Gasteiger partial charge in [-0.1, -0.05) is 23.2 Å². The Morgan fingerprint density at radius 3 is 2.20 bits per heavy atom. The van der Waals surface area contributed by atoms with Gasteiger partial charge < -0.3 is 0 Å². The first-order valence-corrected chi connectivity index (χ1v) is 5.83. The Morgan fingerprint density at radius 1 is 1.10 bits per heavy atom. The lowest BCUT2D eigenvalue weighted by Gasteiger charge is -2.06. The fourth-order valence-electron chi connectivity index (χ4n) is 1.68. The van der Waals surface area contributed by atoms with Crippen LogP contribution in [0.25, 0.3) is 11.3 Å². The van der Waals surface area contributed by atoms with Crippen molar-refractivity contribution in [3.05, 3.63) is 39.5 Å². The zero-order chi connectivity index (χ0) is 15.2. The number of halogens is 7. The van der Waals surface area contributed by atoms with Crippen molar-refractivity contribution in [2.75, 3.05) is 0 Å².